The van der Waals surface area contributed by atoms with Crippen molar-refractivity contribution in [1.29, 1.82) is 0 Å². The van der Waals surface area contributed by atoms with Crippen molar-refractivity contribution in [1.82, 2.24) is 9.97 Å². The first-order valence-corrected chi connectivity index (χ1v) is 9.95. The Balaban J connectivity index is 2.04. The smallest absolute Gasteiger partial charge is 0.308 e. The van der Waals surface area contributed by atoms with Gasteiger partial charge in [0.2, 0.25) is 0 Å². The fraction of sp³-hybridized carbons (Fsp3) is 0.348. The van der Waals surface area contributed by atoms with Crippen molar-refractivity contribution in [2.45, 2.75) is 26.2 Å². The lowest BCUT2D eigenvalue weighted by Crippen LogP contribution is -2.39. The molecule has 1 aliphatic heterocycles. The van der Waals surface area contributed by atoms with Crippen LogP contribution in [0.5, 0.6) is 0 Å². The molecule has 6 heteroatoms. The van der Waals surface area contributed by atoms with E-state index in [4.69, 9.17) is 15.1 Å². The summed E-state index contributed by atoms with van der Waals surface area (Å²) in [7, 11) is 0. The number of hydrogen-bond donors (Lipinski definition) is 2. The second-order valence-corrected chi connectivity index (χ2v) is 7.19. The number of carbonyl (C=O) groups is 1. The van der Waals surface area contributed by atoms with E-state index >= 15 is 0 Å². The second-order valence-electron chi connectivity index (χ2n) is 7.19. The summed E-state index contributed by atoms with van der Waals surface area (Å²) in [5.41, 5.74) is 2.67. The van der Waals surface area contributed by atoms with Crippen LogP contribution in [0.3, 0.4) is 0 Å². The third-order valence-electron chi connectivity index (χ3n) is 5.16. The molecule has 29 heavy (non-hydrogen) atoms. The lowest BCUT2D eigenvalue weighted by Gasteiger charge is -2.32. The Bertz CT molecular complexity index is 965. The lowest BCUT2D eigenvalue weighted by molar-refractivity contribution is -0.141. The molecule has 1 aliphatic rings. The minimum absolute atomic E-state index is 0.0209. The number of hydrogen-bond acceptors (Lipinski definition) is 5. The molecule has 0 aliphatic carbocycles. The van der Waals surface area contributed by atoms with Crippen molar-refractivity contribution >= 4 is 28.3 Å². The SMILES string of the molecule is C=C(/C=C\C=C/CO)c1nc(N2CCCC(C(=O)O)C2)c2ccc(CC)cc2n1. The predicted octanol–water partition coefficient (Wildman–Crippen LogP) is 3.61. The van der Waals surface area contributed by atoms with Gasteiger partial charge in [-0.2, -0.15) is 0 Å². The number of fused-ring (bicyclic) bond motifs is 1. The summed E-state index contributed by atoms with van der Waals surface area (Å²) in [6, 6.07) is 6.16. The number of aliphatic hydroxyl groups is 1. The number of anilines is 1. The zero-order valence-corrected chi connectivity index (χ0v) is 16.7. The Labute approximate surface area is 170 Å². The van der Waals surface area contributed by atoms with Crippen molar-refractivity contribution < 1.29 is 15.0 Å². The first kappa shape index (κ1) is 20.7. The van der Waals surface area contributed by atoms with Crippen LogP contribution in [0.25, 0.3) is 16.5 Å². The summed E-state index contributed by atoms with van der Waals surface area (Å²) < 4.78 is 0. The lowest BCUT2D eigenvalue weighted by atomic mass is 9.98. The summed E-state index contributed by atoms with van der Waals surface area (Å²) in [6.07, 6.45) is 9.37. The van der Waals surface area contributed by atoms with E-state index in [-0.39, 0.29) is 12.5 Å². The standard InChI is InChI=1S/C23H27N3O3/c1-3-17-10-11-19-20(14-17)24-21(16(2)8-5-4-6-13-27)25-22(19)26-12-7-9-18(15-26)23(28)29/h4-6,8,10-11,14,18,27H,2-3,7,9,12-13,15H2,1H3,(H,28,29)/b6-4-,8-5-. The van der Waals surface area contributed by atoms with Crippen molar-refractivity contribution in [3.63, 3.8) is 0 Å². The zero-order chi connectivity index (χ0) is 20.8. The fourth-order valence-electron chi connectivity index (χ4n) is 3.52. The van der Waals surface area contributed by atoms with Gasteiger partial charge in [-0.1, -0.05) is 43.9 Å². The number of carboxylic acids is 1. The number of aryl methyl sites for hydroxylation is 1. The highest BCUT2D eigenvalue weighted by Gasteiger charge is 2.27. The Morgan fingerprint density at radius 3 is 2.90 bits per heavy atom. The van der Waals surface area contributed by atoms with Gasteiger partial charge in [-0.05, 0) is 37.0 Å². The number of rotatable bonds is 7. The molecule has 152 valence electrons. The average Bonchev–Trinajstić information content (AvgIpc) is 2.75. The number of piperidine rings is 1. The maximum absolute atomic E-state index is 11.5. The van der Waals surface area contributed by atoms with Gasteiger partial charge in [-0.25, -0.2) is 9.97 Å². The van der Waals surface area contributed by atoms with Gasteiger partial charge in [0.05, 0.1) is 18.0 Å². The number of aromatic nitrogens is 2. The van der Waals surface area contributed by atoms with Crippen LogP contribution in [0.4, 0.5) is 5.82 Å². The van der Waals surface area contributed by atoms with Gasteiger partial charge in [-0.3, -0.25) is 4.79 Å². The molecule has 2 aromatic rings. The van der Waals surface area contributed by atoms with Crippen LogP contribution < -0.4 is 4.90 Å². The van der Waals surface area contributed by atoms with E-state index in [1.165, 1.54) is 5.56 Å². The van der Waals surface area contributed by atoms with Gasteiger partial charge in [0, 0.05) is 24.0 Å². The molecule has 0 radical (unpaired) electrons. The topological polar surface area (TPSA) is 86.6 Å². The van der Waals surface area contributed by atoms with Crippen LogP contribution in [-0.4, -0.2) is 45.8 Å². The molecule has 1 unspecified atom stereocenters. The molecule has 1 saturated heterocycles. The van der Waals surface area contributed by atoms with E-state index in [1.54, 1.807) is 24.3 Å². The van der Waals surface area contributed by atoms with E-state index in [0.29, 0.717) is 24.4 Å². The quantitative estimate of drug-likeness (QED) is 0.699. The second kappa shape index (κ2) is 9.47. The Morgan fingerprint density at radius 1 is 1.34 bits per heavy atom. The summed E-state index contributed by atoms with van der Waals surface area (Å²) in [6.45, 7) is 7.37. The number of aliphatic carboxylic acids is 1. The van der Waals surface area contributed by atoms with E-state index in [1.807, 2.05) is 6.07 Å². The highest BCUT2D eigenvalue weighted by atomic mass is 16.4. The van der Waals surface area contributed by atoms with Crippen LogP contribution >= 0.6 is 0 Å². The largest absolute Gasteiger partial charge is 0.481 e. The summed E-state index contributed by atoms with van der Waals surface area (Å²) in [5.74, 6) is 0.134. The van der Waals surface area contributed by atoms with Gasteiger partial charge in [-0.15, -0.1) is 0 Å². The number of nitrogens with zero attached hydrogens (tertiary/aromatic N) is 3. The van der Waals surface area contributed by atoms with Crippen molar-refractivity contribution in [2.24, 2.45) is 5.92 Å². The Hall–Kier alpha value is -2.99. The first-order chi connectivity index (χ1) is 14.0. The molecule has 1 atom stereocenters. The first-order valence-electron chi connectivity index (χ1n) is 9.95. The maximum atomic E-state index is 11.5. The molecular weight excluding hydrogens is 366 g/mol. The molecule has 0 bridgehead atoms. The third kappa shape index (κ3) is 4.90. The van der Waals surface area contributed by atoms with E-state index in [2.05, 4.69) is 30.5 Å². The molecule has 6 nitrogen and oxygen atoms in total. The fourth-order valence-corrected chi connectivity index (χ4v) is 3.52. The van der Waals surface area contributed by atoms with E-state index in [9.17, 15) is 9.90 Å². The van der Waals surface area contributed by atoms with E-state index < -0.39 is 5.97 Å². The summed E-state index contributed by atoms with van der Waals surface area (Å²) in [5, 5.41) is 19.2. The Morgan fingerprint density at radius 2 is 2.17 bits per heavy atom. The van der Waals surface area contributed by atoms with Crippen LogP contribution in [0.1, 0.15) is 31.2 Å². The van der Waals surface area contributed by atoms with Gasteiger partial charge < -0.3 is 15.1 Å². The molecule has 1 aromatic carbocycles. The third-order valence-corrected chi connectivity index (χ3v) is 5.16. The molecule has 0 amide bonds. The van der Waals surface area contributed by atoms with Crippen molar-refractivity contribution in [3.8, 4) is 0 Å². The molecule has 0 spiro atoms. The molecule has 2 heterocycles. The molecule has 2 N–H and O–H groups in total. The molecular formula is C23H27N3O3. The van der Waals surface area contributed by atoms with Crippen molar-refractivity contribution in [2.75, 3.05) is 24.6 Å². The number of allylic oxidation sites excluding steroid dienone is 4. The van der Waals surface area contributed by atoms with Crippen LogP contribution in [0.15, 0.2) is 49.1 Å². The normalized spacial score (nSPS) is 17.4. The summed E-state index contributed by atoms with van der Waals surface area (Å²) in [4.78, 5) is 23.1. The number of carboxylic acid groups (broad SMARTS) is 1. The van der Waals surface area contributed by atoms with Gasteiger partial charge in [0.1, 0.15) is 5.82 Å². The predicted molar refractivity (Wildman–Crippen MR) is 116 cm³/mol. The minimum atomic E-state index is -0.760. The zero-order valence-electron chi connectivity index (χ0n) is 16.7. The molecule has 0 saturated carbocycles. The molecule has 1 fully saturated rings. The maximum Gasteiger partial charge on any atom is 0.308 e. The Kier molecular flexibility index (Phi) is 6.77. The highest BCUT2D eigenvalue weighted by molar-refractivity contribution is 5.91. The van der Waals surface area contributed by atoms with Gasteiger partial charge >= 0.3 is 5.97 Å². The van der Waals surface area contributed by atoms with Gasteiger partial charge in [0.15, 0.2) is 5.82 Å². The minimum Gasteiger partial charge on any atom is -0.481 e. The molecule has 1 aromatic heterocycles. The average molecular weight is 393 g/mol. The van der Waals surface area contributed by atoms with Crippen LogP contribution in [0, 0.1) is 5.92 Å². The van der Waals surface area contributed by atoms with Gasteiger partial charge in [0.25, 0.3) is 0 Å². The van der Waals surface area contributed by atoms with Crippen LogP contribution in [0.2, 0.25) is 0 Å². The summed E-state index contributed by atoms with van der Waals surface area (Å²) >= 11 is 0. The van der Waals surface area contributed by atoms with Crippen molar-refractivity contribution in [3.05, 3.63) is 60.5 Å². The monoisotopic (exact) mass is 393 g/mol. The molecule has 3 rings (SSSR count). The number of aliphatic hydroxyl groups excluding tert-OH is 1. The van der Waals surface area contributed by atoms with Crippen LogP contribution in [-0.2, 0) is 11.2 Å². The highest BCUT2D eigenvalue weighted by Crippen LogP contribution is 2.30. The number of benzene rings is 1. The van der Waals surface area contributed by atoms with E-state index in [0.717, 1.165) is 36.1 Å².